The number of likely N-dealkylation sites (N-methyl/N-ethyl adjacent to an activating group) is 1. The van der Waals surface area contributed by atoms with Gasteiger partial charge in [-0.05, 0) is 37.8 Å². The zero-order valence-corrected chi connectivity index (χ0v) is 12.2. The van der Waals surface area contributed by atoms with Crippen LogP contribution in [0.15, 0.2) is 24.3 Å². The number of hydrogen-bond donors (Lipinski definition) is 1. The highest BCUT2D eigenvalue weighted by atomic mass is 35.5. The van der Waals surface area contributed by atoms with Crippen molar-refractivity contribution >= 4 is 23.5 Å². The minimum Gasteiger partial charge on any atom is -0.480 e. The molecule has 1 amide bonds. The topological polar surface area (TPSA) is 57.6 Å². The average Bonchev–Trinajstić information content (AvgIpc) is 3.19. The molecule has 1 N–H and O–H groups in total. The van der Waals surface area contributed by atoms with Gasteiger partial charge in [-0.3, -0.25) is 9.59 Å². The second-order valence-corrected chi connectivity index (χ2v) is 5.67. The van der Waals surface area contributed by atoms with Crippen LogP contribution in [0.5, 0.6) is 0 Å². The van der Waals surface area contributed by atoms with Crippen LogP contribution in [0.3, 0.4) is 0 Å². The van der Waals surface area contributed by atoms with E-state index in [0.29, 0.717) is 18.0 Å². The fraction of sp³-hybridized carbons (Fsp3) is 0.467. The number of rotatable bonds is 6. The summed E-state index contributed by atoms with van der Waals surface area (Å²) in [6, 6.07) is 7.49. The smallest absolute Gasteiger partial charge is 0.323 e. The van der Waals surface area contributed by atoms with Crippen molar-refractivity contribution in [3.63, 3.8) is 0 Å². The van der Waals surface area contributed by atoms with E-state index in [1.807, 2.05) is 24.3 Å². The molecule has 1 aliphatic rings. The van der Waals surface area contributed by atoms with Crippen molar-refractivity contribution < 1.29 is 14.7 Å². The number of halogens is 1. The molecular formula is C15H18ClNO3. The molecule has 0 aliphatic heterocycles. The Labute approximate surface area is 123 Å². The van der Waals surface area contributed by atoms with Gasteiger partial charge in [0.05, 0.1) is 5.41 Å². The summed E-state index contributed by atoms with van der Waals surface area (Å²) in [5.74, 6) is -1.05. The molecule has 1 saturated carbocycles. The lowest BCUT2D eigenvalue weighted by molar-refractivity contribution is -0.146. The van der Waals surface area contributed by atoms with E-state index in [-0.39, 0.29) is 12.5 Å². The van der Waals surface area contributed by atoms with Crippen molar-refractivity contribution in [3.8, 4) is 0 Å². The van der Waals surface area contributed by atoms with Crippen LogP contribution in [0.1, 0.15) is 25.3 Å². The summed E-state index contributed by atoms with van der Waals surface area (Å²) in [5, 5.41) is 9.53. The highest BCUT2D eigenvalue weighted by Gasteiger charge is 2.51. The maximum Gasteiger partial charge on any atom is 0.323 e. The van der Waals surface area contributed by atoms with Crippen LogP contribution >= 0.6 is 11.6 Å². The first-order valence-electron chi connectivity index (χ1n) is 6.73. The number of carboxylic acid groups (broad SMARTS) is 1. The van der Waals surface area contributed by atoms with E-state index in [2.05, 4.69) is 0 Å². The SMILES string of the molecule is CCN(CC(=O)O)C(=O)C1(Cc2ccccc2Cl)CC1. The van der Waals surface area contributed by atoms with Gasteiger partial charge in [0, 0.05) is 11.6 Å². The van der Waals surface area contributed by atoms with Gasteiger partial charge in [0.2, 0.25) is 5.91 Å². The van der Waals surface area contributed by atoms with Crippen LogP contribution in [0.25, 0.3) is 0 Å². The second-order valence-electron chi connectivity index (χ2n) is 5.26. The zero-order chi connectivity index (χ0) is 14.8. The second kappa shape index (κ2) is 5.83. The lowest BCUT2D eigenvalue weighted by atomic mass is 9.94. The molecule has 0 radical (unpaired) electrons. The quantitative estimate of drug-likeness (QED) is 0.877. The molecule has 0 unspecified atom stereocenters. The molecule has 5 heteroatoms. The van der Waals surface area contributed by atoms with Gasteiger partial charge in [-0.2, -0.15) is 0 Å². The Hall–Kier alpha value is -1.55. The molecule has 0 bridgehead atoms. The summed E-state index contributed by atoms with van der Waals surface area (Å²) >= 11 is 6.14. The molecule has 0 aromatic heterocycles. The molecule has 1 aromatic rings. The number of carboxylic acids is 1. The molecule has 2 rings (SSSR count). The third-order valence-electron chi connectivity index (χ3n) is 3.79. The van der Waals surface area contributed by atoms with E-state index in [0.717, 1.165) is 18.4 Å². The Bertz CT molecular complexity index is 526. The summed E-state index contributed by atoms with van der Waals surface area (Å²) in [4.78, 5) is 24.8. The summed E-state index contributed by atoms with van der Waals surface area (Å²) < 4.78 is 0. The molecule has 20 heavy (non-hydrogen) atoms. The number of carbonyl (C=O) groups is 2. The van der Waals surface area contributed by atoms with Crippen molar-refractivity contribution in [2.75, 3.05) is 13.1 Å². The third kappa shape index (κ3) is 3.12. The molecule has 0 spiro atoms. The fourth-order valence-electron chi connectivity index (χ4n) is 2.45. The molecule has 108 valence electrons. The van der Waals surface area contributed by atoms with Crippen LogP contribution in [-0.2, 0) is 16.0 Å². The van der Waals surface area contributed by atoms with Crippen molar-refractivity contribution in [2.24, 2.45) is 5.41 Å². The maximum atomic E-state index is 12.5. The predicted octanol–water partition coefficient (Wildman–Crippen LogP) is 2.60. The normalized spacial score (nSPS) is 15.7. The molecule has 4 nitrogen and oxygen atoms in total. The highest BCUT2D eigenvalue weighted by molar-refractivity contribution is 6.31. The van der Waals surface area contributed by atoms with Gasteiger partial charge in [-0.15, -0.1) is 0 Å². The van der Waals surface area contributed by atoms with Crippen LogP contribution in [0.2, 0.25) is 5.02 Å². The summed E-state index contributed by atoms with van der Waals surface area (Å²) in [5.41, 5.74) is 0.502. The average molecular weight is 296 g/mol. The monoisotopic (exact) mass is 295 g/mol. The van der Waals surface area contributed by atoms with Crippen LogP contribution in [0, 0.1) is 5.41 Å². The third-order valence-corrected chi connectivity index (χ3v) is 4.16. The first kappa shape index (κ1) is 14.9. The van der Waals surface area contributed by atoms with Crippen molar-refractivity contribution in [1.82, 2.24) is 4.90 Å². The summed E-state index contributed by atoms with van der Waals surface area (Å²) in [6.07, 6.45) is 2.18. The standard InChI is InChI=1S/C15H18ClNO3/c1-2-17(10-13(18)19)14(20)15(7-8-15)9-11-5-3-4-6-12(11)16/h3-6H,2,7-10H2,1H3,(H,18,19). The molecule has 1 aromatic carbocycles. The molecule has 1 fully saturated rings. The van der Waals surface area contributed by atoms with Gasteiger partial charge >= 0.3 is 5.97 Å². The number of amides is 1. The number of carbonyl (C=O) groups excluding carboxylic acids is 1. The molecule has 0 atom stereocenters. The first-order chi connectivity index (χ1) is 9.48. The van der Waals surface area contributed by atoms with E-state index in [1.54, 1.807) is 6.92 Å². The fourth-order valence-corrected chi connectivity index (χ4v) is 2.65. The Morgan fingerprint density at radius 1 is 1.35 bits per heavy atom. The zero-order valence-electron chi connectivity index (χ0n) is 11.4. The number of hydrogen-bond acceptors (Lipinski definition) is 2. The number of benzene rings is 1. The van der Waals surface area contributed by atoms with Crippen LogP contribution in [0.4, 0.5) is 0 Å². The van der Waals surface area contributed by atoms with Crippen molar-refractivity contribution in [2.45, 2.75) is 26.2 Å². The Morgan fingerprint density at radius 2 is 2.00 bits per heavy atom. The minimum absolute atomic E-state index is 0.0673. The van der Waals surface area contributed by atoms with Crippen LogP contribution in [-0.4, -0.2) is 35.0 Å². The van der Waals surface area contributed by atoms with Crippen LogP contribution < -0.4 is 0 Å². The van der Waals surface area contributed by atoms with E-state index in [4.69, 9.17) is 16.7 Å². The van der Waals surface area contributed by atoms with Crippen molar-refractivity contribution in [3.05, 3.63) is 34.9 Å². The molecule has 1 aliphatic carbocycles. The van der Waals surface area contributed by atoms with Gasteiger partial charge in [0.15, 0.2) is 0 Å². The number of nitrogens with zero attached hydrogens (tertiary/aromatic N) is 1. The molecule has 0 heterocycles. The Balaban J connectivity index is 2.12. The van der Waals surface area contributed by atoms with Gasteiger partial charge in [-0.25, -0.2) is 0 Å². The van der Waals surface area contributed by atoms with E-state index in [9.17, 15) is 9.59 Å². The predicted molar refractivity (Wildman–Crippen MR) is 76.7 cm³/mol. The Kier molecular flexibility index (Phi) is 4.33. The van der Waals surface area contributed by atoms with Gasteiger partial charge in [-0.1, -0.05) is 29.8 Å². The van der Waals surface area contributed by atoms with E-state index >= 15 is 0 Å². The van der Waals surface area contributed by atoms with Gasteiger partial charge in [0.25, 0.3) is 0 Å². The summed E-state index contributed by atoms with van der Waals surface area (Å²) in [7, 11) is 0. The minimum atomic E-state index is -0.978. The Morgan fingerprint density at radius 3 is 2.50 bits per heavy atom. The lowest BCUT2D eigenvalue weighted by Gasteiger charge is -2.25. The van der Waals surface area contributed by atoms with E-state index in [1.165, 1.54) is 4.90 Å². The van der Waals surface area contributed by atoms with Gasteiger partial charge < -0.3 is 10.0 Å². The highest BCUT2D eigenvalue weighted by Crippen LogP contribution is 2.50. The number of aliphatic carboxylic acids is 1. The molecule has 0 saturated heterocycles. The first-order valence-corrected chi connectivity index (χ1v) is 7.11. The van der Waals surface area contributed by atoms with E-state index < -0.39 is 11.4 Å². The summed E-state index contributed by atoms with van der Waals surface area (Å²) in [6.45, 7) is 1.97. The van der Waals surface area contributed by atoms with Crippen molar-refractivity contribution in [1.29, 1.82) is 0 Å². The molecular weight excluding hydrogens is 278 g/mol. The maximum absolute atomic E-state index is 12.5. The largest absolute Gasteiger partial charge is 0.480 e. The lowest BCUT2D eigenvalue weighted by Crippen LogP contribution is -2.41. The van der Waals surface area contributed by atoms with Gasteiger partial charge in [0.1, 0.15) is 6.54 Å².